The van der Waals surface area contributed by atoms with Crippen LogP contribution in [-0.4, -0.2) is 73.4 Å². The summed E-state index contributed by atoms with van der Waals surface area (Å²) in [6.45, 7) is 4.42. The van der Waals surface area contributed by atoms with Crippen molar-refractivity contribution < 1.29 is 19.1 Å². The van der Waals surface area contributed by atoms with Gasteiger partial charge in [-0.05, 0) is 83.5 Å². The molecule has 4 heterocycles. The van der Waals surface area contributed by atoms with Gasteiger partial charge in [-0.15, -0.1) is 0 Å². The largest absolute Gasteiger partial charge is 0.453 e. The summed E-state index contributed by atoms with van der Waals surface area (Å²) in [5.41, 5.74) is 6.04. The normalized spacial score (nSPS) is 20.9. The highest BCUT2D eigenvalue weighted by Crippen LogP contribution is 2.50. The fourth-order valence-electron chi connectivity index (χ4n) is 8.91. The smallest absolute Gasteiger partial charge is 0.407 e. The summed E-state index contributed by atoms with van der Waals surface area (Å²) in [6, 6.07) is 22.7. The number of methoxy groups -OCH3 is 1. The van der Waals surface area contributed by atoms with Gasteiger partial charge in [0.05, 0.1) is 49.0 Å². The third-order valence-corrected chi connectivity index (χ3v) is 11.7. The van der Waals surface area contributed by atoms with E-state index in [-0.39, 0.29) is 48.7 Å². The number of fused-ring (bicyclic) bond motifs is 3. The standard InChI is InChI=1S/C43H46N8O4/c1-25(2)38(49-43(54)55-3)42(53)50-19-5-6-36(50)40-45-23-34(47-40)27-10-8-26(9-11-27)28-12-13-30-21-31(15-14-29(30)20-28)35-24-46-41(48-35)39-32-16-17-33(22-32)51(39)37(52)7-4-18-44/h8-15,20-21,23-25,32-33,36,38-39H,4-7,16-17,19,22H2,1-3H3,(H,45,47)(H,46,48)(H,49,54)/t32-,33+,36-,38-,39-/m0/s1. The number of carbonyl (C=O) groups is 3. The molecule has 5 atom stereocenters. The molecule has 12 nitrogen and oxygen atoms in total. The first-order chi connectivity index (χ1) is 26.7. The van der Waals surface area contributed by atoms with Gasteiger partial charge >= 0.3 is 6.09 Å². The van der Waals surface area contributed by atoms with Crippen LogP contribution in [0.3, 0.4) is 0 Å². The topological polar surface area (TPSA) is 160 Å². The molecule has 2 bridgehead atoms. The van der Waals surface area contributed by atoms with Crippen LogP contribution in [0.1, 0.15) is 82.5 Å². The van der Waals surface area contributed by atoms with Gasteiger partial charge in [0.2, 0.25) is 11.8 Å². The fourth-order valence-corrected chi connectivity index (χ4v) is 8.91. The maximum atomic E-state index is 13.5. The number of nitrogens with zero attached hydrogens (tertiary/aromatic N) is 5. The van der Waals surface area contributed by atoms with Gasteiger partial charge in [0, 0.05) is 31.0 Å². The lowest BCUT2D eigenvalue weighted by Crippen LogP contribution is -2.51. The number of nitrogens with one attached hydrogen (secondary N) is 3. The Balaban J connectivity index is 0.953. The number of likely N-dealkylation sites (tertiary alicyclic amines) is 2. The van der Waals surface area contributed by atoms with Crippen LogP contribution in [0, 0.1) is 23.2 Å². The number of hydrogen-bond donors (Lipinski definition) is 3. The summed E-state index contributed by atoms with van der Waals surface area (Å²) in [6.07, 6.45) is 8.35. The number of rotatable bonds is 10. The molecule has 55 heavy (non-hydrogen) atoms. The molecule has 2 aromatic heterocycles. The second kappa shape index (κ2) is 15.1. The van der Waals surface area contributed by atoms with Crippen LogP contribution in [0.4, 0.5) is 4.79 Å². The molecular formula is C43H46N8O4. The molecular weight excluding hydrogens is 693 g/mol. The molecule has 3 fully saturated rings. The monoisotopic (exact) mass is 738 g/mol. The minimum absolute atomic E-state index is 0.0529. The number of carbonyl (C=O) groups excluding carboxylic acids is 3. The first-order valence-electron chi connectivity index (χ1n) is 19.3. The van der Waals surface area contributed by atoms with Crippen molar-refractivity contribution in [3.8, 4) is 39.7 Å². The number of H-pyrrole nitrogens is 2. The maximum absolute atomic E-state index is 13.5. The molecule has 282 valence electrons. The van der Waals surface area contributed by atoms with E-state index in [1.807, 2.05) is 36.0 Å². The van der Waals surface area contributed by atoms with E-state index in [2.05, 4.69) is 87.0 Å². The number of alkyl carbamates (subject to hydrolysis) is 1. The Morgan fingerprint density at radius 3 is 2.27 bits per heavy atom. The van der Waals surface area contributed by atoms with Gasteiger partial charge in [-0.25, -0.2) is 14.8 Å². The first kappa shape index (κ1) is 36.0. The minimum Gasteiger partial charge on any atom is -0.453 e. The number of hydrogen-bond acceptors (Lipinski definition) is 7. The highest BCUT2D eigenvalue weighted by atomic mass is 16.5. The van der Waals surface area contributed by atoms with E-state index in [4.69, 9.17) is 15.0 Å². The molecule has 3 aromatic carbocycles. The predicted molar refractivity (Wildman–Crippen MR) is 208 cm³/mol. The lowest BCUT2D eigenvalue weighted by molar-refractivity contribution is -0.136. The number of ether oxygens (including phenoxy) is 1. The number of nitriles is 1. The van der Waals surface area contributed by atoms with Crippen LogP contribution < -0.4 is 5.32 Å². The van der Waals surface area contributed by atoms with Gasteiger partial charge in [-0.3, -0.25) is 9.59 Å². The Bertz CT molecular complexity index is 2270. The van der Waals surface area contributed by atoms with E-state index in [0.717, 1.165) is 88.2 Å². The molecule has 8 rings (SSSR count). The van der Waals surface area contributed by atoms with Crippen molar-refractivity contribution in [1.82, 2.24) is 35.1 Å². The summed E-state index contributed by atoms with van der Waals surface area (Å²) in [5.74, 6) is 1.79. The zero-order valence-electron chi connectivity index (χ0n) is 31.4. The Morgan fingerprint density at radius 1 is 0.891 bits per heavy atom. The Hall–Kier alpha value is -5.96. The van der Waals surface area contributed by atoms with Gasteiger partial charge < -0.3 is 29.8 Å². The molecule has 0 unspecified atom stereocenters. The van der Waals surface area contributed by atoms with E-state index >= 15 is 0 Å². The van der Waals surface area contributed by atoms with Crippen molar-refractivity contribution in [3.05, 3.63) is 84.7 Å². The average Bonchev–Trinajstić information content (AvgIpc) is 4.06. The molecule has 12 heteroatoms. The molecule has 0 spiro atoms. The average molecular weight is 739 g/mol. The van der Waals surface area contributed by atoms with Crippen molar-refractivity contribution in [1.29, 1.82) is 5.26 Å². The minimum atomic E-state index is -0.679. The van der Waals surface area contributed by atoms with Crippen molar-refractivity contribution in [2.75, 3.05) is 13.7 Å². The van der Waals surface area contributed by atoms with Gasteiger partial charge in [-0.2, -0.15) is 5.26 Å². The zero-order valence-corrected chi connectivity index (χ0v) is 31.4. The molecule has 5 aromatic rings. The van der Waals surface area contributed by atoms with E-state index in [1.54, 1.807) is 0 Å². The lowest BCUT2D eigenvalue weighted by atomic mass is 9.97. The van der Waals surface area contributed by atoms with Crippen LogP contribution in [0.25, 0.3) is 44.4 Å². The van der Waals surface area contributed by atoms with Crippen LogP contribution >= 0.6 is 0 Å². The van der Waals surface area contributed by atoms with Crippen LogP contribution in [-0.2, 0) is 14.3 Å². The lowest BCUT2D eigenvalue weighted by Gasteiger charge is -2.34. The van der Waals surface area contributed by atoms with Crippen molar-refractivity contribution in [3.63, 3.8) is 0 Å². The number of piperidine rings is 1. The number of aromatic nitrogens is 4. The molecule has 3 N–H and O–H groups in total. The fraction of sp³-hybridized carbons (Fsp3) is 0.395. The summed E-state index contributed by atoms with van der Waals surface area (Å²) in [5, 5.41) is 14.0. The number of imidazole rings is 2. The molecule has 1 saturated carbocycles. The third kappa shape index (κ3) is 6.95. The van der Waals surface area contributed by atoms with Crippen LogP contribution in [0.15, 0.2) is 73.1 Å². The highest BCUT2D eigenvalue weighted by Gasteiger charge is 2.49. The van der Waals surface area contributed by atoms with Crippen LogP contribution in [0.5, 0.6) is 0 Å². The molecule has 2 saturated heterocycles. The van der Waals surface area contributed by atoms with Gasteiger partial charge in [0.15, 0.2) is 0 Å². The van der Waals surface area contributed by atoms with E-state index in [1.165, 1.54) is 7.11 Å². The Morgan fingerprint density at radius 2 is 1.55 bits per heavy atom. The zero-order chi connectivity index (χ0) is 38.2. The number of benzene rings is 3. The molecule has 0 radical (unpaired) electrons. The SMILES string of the molecule is COC(=O)N[C@H](C(=O)N1CCC[C@H]1c1ncc(-c2ccc(-c3ccc4cc(-c5cnc([C@@H]6[C@H]7CC[C@H](C7)N6C(=O)CCC#N)[nH]5)ccc4c3)cc2)[nH]1)C(C)C. The first-order valence-corrected chi connectivity index (χ1v) is 19.3. The molecule has 2 aliphatic heterocycles. The van der Waals surface area contributed by atoms with Gasteiger partial charge in [-0.1, -0.05) is 62.4 Å². The summed E-state index contributed by atoms with van der Waals surface area (Å²) in [4.78, 5) is 58.8. The highest BCUT2D eigenvalue weighted by molar-refractivity contribution is 5.91. The number of amides is 3. The Labute approximate surface area is 320 Å². The molecule has 3 amide bonds. The second-order valence-corrected chi connectivity index (χ2v) is 15.4. The summed E-state index contributed by atoms with van der Waals surface area (Å²) in [7, 11) is 1.30. The van der Waals surface area contributed by atoms with Crippen LogP contribution in [0.2, 0.25) is 0 Å². The van der Waals surface area contributed by atoms with Gasteiger partial charge in [0.1, 0.15) is 17.7 Å². The predicted octanol–water partition coefficient (Wildman–Crippen LogP) is 7.69. The van der Waals surface area contributed by atoms with Crippen molar-refractivity contribution >= 4 is 28.7 Å². The van der Waals surface area contributed by atoms with E-state index in [0.29, 0.717) is 12.5 Å². The maximum Gasteiger partial charge on any atom is 0.407 e. The second-order valence-electron chi connectivity index (χ2n) is 15.4. The van der Waals surface area contributed by atoms with E-state index < -0.39 is 12.1 Å². The Kier molecular flexibility index (Phi) is 9.86. The van der Waals surface area contributed by atoms with E-state index in [9.17, 15) is 14.4 Å². The van der Waals surface area contributed by atoms with Gasteiger partial charge in [0.25, 0.3) is 0 Å². The van der Waals surface area contributed by atoms with Crippen molar-refractivity contribution in [2.45, 2.75) is 83.0 Å². The summed E-state index contributed by atoms with van der Waals surface area (Å²) < 4.78 is 4.76. The summed E-state index contributed by atoms with van der Waals surface area (Å²) >= 11 is 0. The quantitative estimate of drug-likeness (QED) is 0.132. The van der Waals surface area contributed by atoms with Crippen molar-refractivity contribution in [2.24, 2.45) is 11.8 Å². The third-order valence-electron chi connectivity index (χ3n) is 11.7. The molecule has 1 aliphatic carbocycles. The molecule has 3 aliphatic rings. The number of aromatic amines is 2.